The average Bonchev–Trinajstić information content (AvgIpc) is 2.38. The lowest BCUT2D eigenvalue weighted by Crippen LogP contribution is -2.45. The number of para-hydroxylation sites is 1. The third-order valence-corrected chi connectivity index (χ3v) is 2.87. The minimum absolute atomic E-state index is 0.0111. The van der Waals surface area contributed by atoms with Crippen molar-refractivity contribution in [3.8, 4) is 0 Å². The van der Waals surface area contributed by atoms with Gasteiger partial charge in [0.1, 0.15) is 0 Å². The summed E-state index contributed by atoms with van der Waals surface area (Å²) >= 11 is 0. The van der Waals surface area contributed by atoms with Gasteiger partial charge in [-0.05, 0) is 26.0 Å². The molecule has 0 atom stereocenters. The number of rotatable bonds is 5. The first-order valence-electron chi connectivity index (χ1n) is 6.17. The fraction of sp³-hybridized carbons (Fsp3) is 0.429. The molecule has 0 aromatic heterocycles. The second kappa shape index (κ2) is 6.33. The maximum Gasteiger partial charge on any atom is 0.243 e. The molecule has 2 amide bonds. The monoisotopic (exact) mass is 263 g/mol. The van der Waals surface area contributed by atoms with Crippen molar-refractivity contribution in [2.45, 2.75) is 13.8 Å². The first-order chi connectivity index (χ1) is 8.86. The molecule has 104 valence electrons. The Morgan fingerprint density at radius 1 is 1.26 bits per heavy atom. The zero-order chi connectivity index (χ0) is 14.5. The van der Waals surface area contributed by atoms with Crippen molar-refractivity contribution in [1.82, 2.24) is 4.90 Å². The second-order valence-electron chi connectivity index (χ2n) is 5.16. The standard InChI is InChI=1S/C14H21N3O2/c1-14(2,10-15)13(19)17(3)9-12(18)16-11-7-5-4-6-8-11/h4-8H,9-10,15H2,1-3H3,(H,16,18). The van der Waals surface area contributed by atoms with E-state index in [9.17, 15) is 9.59 Å². The summed E-state index contributed by atoms with van der Waals surface area (Å²) in [4.78, 5) is 25.2. The Labute approximate surface area is 113 Å². The van der Waals surface area contributed by atoms with Gasteiger partial charge in [0.15, 0.2) is 0 Å². The summed E-state index contributed by atoms with van der Waals surface area (Å²) in [7, 11) is 1.60. The fourth-order valence-corrected chi connectivity index (χ4v) is 1.61. The van der Waals surface area contributed by atoms with Gasteiger partial charge in [0, 0.05) is 19.3 Å². The van der Waals surface area contributed by atoms with Gasteiger partial charge in [-0.15, -0.1) is 0 Å². The first-order valence-corrected chi connectivity index (χ1v) is 6.17. The topological polar surface area (TPSA) is 75.4 Å². The molecule has 1 rings (SSSR count). The number of carbonyl (C=O) groups excluding carboxylic acids is 2. The van der Waals surface area contributed by atoms with Crippen molar-refractivity contribution in [3.05, 3.63) is 30.3 Å². The van der Waals surface area contributed by atoms with E-state index in [4.69, 9.17) is 5.73 Å². The van der Waals surface area contributed by atoms with Crippen LogP contribution in [0.1, 0.15) is 13.8 Å². The van der Waals surface area contributed by atoms with E-state index in [1.54, 1.807) is 33.0 Å². The average molecular weight is 263 g/mol. The number of anilines is 1. The number of likely N-dealkylation sites (N-methyl/N-ethyl adjacent to an activating group) is 1. The molecule has 0 fully saturated rings. The third kappa shape index (κ3) is 4.37. The highest BCUT2D eigenvalue weighted by Crippen LogP contribution is 2.16. The molecule has 0 aliphatic rings. The van der Waals surface area contributed by atoms with Crippen LogP contribution in [0.2, 0.25) is 0 Å². The highest BCUT2D eigenvalue weighted by Gasteiger charge is 2.29. The molecule has 1 aromatic rings. The van der Waals surface area contributed by atoms with Crippen molar-refractivity contribution in [3.63, 3.8) is 0 Å². The van der Waals surface area contributed by atoms with Crippen LogP contribution in [0.25, 0.3) is 0 Å². The highest BCUT2D eigenvalue weighted by atomic mass is 16.2. The van der Waals surface area contributed by atoms with Crippen LogP contribution in [0.15, 0.2) is 30.3 Å². The number of nitrogens with one attached hydrogen (secondary N) is 1. The molecule has 0 radical (unpaired) electrons. The Morgan fingerprint density at radius 2 is 1.84 bits per heavy atom. The van der Waals surface area contributed by atoms with Crippen LogP contribution in [0.4, 0.5) is 5.69 Å². The number of hydrogen-bond acceptors (Lipinski definition) is 3. The number of benzene rings is 1. The van der Waals surface area contributed by atoms with Crippen LogP contribution in [0, 0.1) is 5.41 Å². The lowest BCUT2D eigenvalue weighted by Gasteiger charge is -2.27. The van der Waals surface area contributed by atoms with Gasteiger partial charge in [-0.25, -0.2) is 0 Å². The summed E-state index contributed by atoms with van der Waals surface area (Å²) in [5, 5.41) is 2.73. The smallest absolute Gasteiger partial charge is 0.243 e. The van der Waals surface area contributed by atoms with E-state index in [-0.39, 0.29) is 24.9 Å². The molecule has 0 bridgehead atoms. The minimum atomic E-state index is -0.651. The van der Waals surface area contributed by atoms with Crippen molar-refractivity contribution in [1.29, 1.82) is 0 Å². The maximum absolute atomic E-state index is 12.0. The predicted octanol–water partition coefficient (Wildman–Crippen LogP) is 1.07. The van der Waals surface area contributed by atoms with Gasteiger partial charge in [0.05, 0.1) is 12.0 Å². The van der Waals surface area contributed by atoms with Gasteiger partial charge < -0.3 is 16.0 Å². The van der Waals surface area contributed by atoms with Gasteiger partial charge in [0.2, 0.25) is 11.8 Å². The summed E-state index contributed by atoms with van der Waals surface area (Å²) in [6, 6.07) is 9.13. The van der Waals surface area contributed by atoms with Crippen molar-refractivity contribution >= 4 is 17.5 Å². The molecule has 0 saturated heterocycles. The summed E-state index contributed by atoms with van der Waals surface area (Å²) < 4.78 is 0. The van der Waals surface area contributed by atoms with Crippen LogP contribution in [-0.4, -0.2) is 36.9 Å². The predicted molar refractivity (Wildman–Crippen MR) is 75.5 cm³/mol. The van der Waals surface area contributed by atoms with Gasteiger partial charge >= 0.3 is 0 Å². The van der Waals surface area contributed by atoms with Gasteiger partial charge in [-0.3, -0.25) is 9.59 Å². The van der Waals surface area contributed by atoms with Crippen molar-refractivity contribution < 1.29 is 9.59 Å². The van der Waals surface area contributed by atoms with Crippen LogP contribution in [0.3, 0.4) is 0 Å². The van der Waals surface area contributed by atoms with Crippen LogP contribution in [-0.2, 0) is 9.59 Å². The van der Waals surface area contributed by atoms with E-state index < -0.39 is 5.41 Å². The normalized spacial score (nSPS) is 10.9. The fourth-order valence-electron chi connectivity index (χ4n) is 1.61. The van der Waals surface area contributed by atoms with Crippen LogP contribution >= 0.6 is 0 Å². The number of nitrogens with zero attached hydrogens (tertiary/aromatic N) is 1. The van der Waals surface area contributed by atoms with E-state index >= 15 is 0 Å². The summed E-state index contributed by atoms with van der Waals surface area (Å²) in [6.07, 6.45) is 0. The molecule has 0 heterocycles. The molecular weight excluding hydrogens is 242 g/mol. The van der Waals surface area contributed by atoms with Gasteiger partial charge in [0.25, 0.3) is 0 Å². The molecule has 0 spiro atoms. The summed E-state index contributed by atoms with van der Waals surface area (Å²) in [5.74, 6) is -0.368. The van der Waals surface area contributed by atoms with Gasteiger partial charge in [-0.1, -0.05) is 18.2 Å². The van der Waals surface area contributed by atoms with E-state index in [0.29, 0.717) is 5.69 Å². The molecule has 0 aliphatic heterocycles. The van der Waals surface area contributed by atoms with E-state index in [2.05, 4.69) is 5.32 Å². The first kappa shape index (κ1) is 15.2. The lowest BCUT2D eigenvalue weighted by atomic mass is 9.92. The quantitative estimate of drug-likeness (QED) is 0.834. The third-order valence-electron chi connectivity index (χ3n) is 2.87. The van der Waals surface area contributed by atoms with E-state index in [0.717, 1.165) is 0 Å². The molecule has 5 nitrogen and oxygen atoms in total. The van der Waals surface area contributed by atoms with Gasteiger partial charge in [-0.2, -0.15) is 0 Å². The van der Waals surface area contributed by atoms with Crippen molar-refractivity contribution in [2.24, 2.45) is 11.1 Å². The second-order valence-corrected chi connectivity index (χ2v) is 5.16. The Balaban J connectivity index is 2.55. The summed E-state index contributed by atoms with van der Waals surface area (Å²) in [5.41, 5.74) is 5.61. The number of carbonyl (C=O) groups is 2. The Kier molecular flexibility index (Phi) is 5.06. The molecule has 5 heteroatoms. The van der Waals surface area contributed by atoms with E-state index in [1.807, 2.05) is 18.2 Å². The highest BCUT2D eigenvalue weighted by molar-refractivity contribution is 5.95. The zero-order valence-electron chi connectivity index (χ0n) is 11.6. The maximum atomic E-state index is 12.0. The number of nitrogens with two attached hydrogens (primary N) is 1. The van der Waals surface area contributed by atoms with Crippen LogP contribution < -0.4 is 11.1 Å². The van der Waals surface area contributed by atoms with E-state index in [1.165, 1.54) is 4.90 Å². The minimum Gasteiger partial charge on any atom is -0.336 e. The zero-order valence-corrected chi connectivity index (χ0v) is 11.6. The SMILES string of the molecule is CN(CC(=O)Nc1ccccc1)C(=O)C(C)(C)CN. The molecule has 1 aromatic carbocycles. The Morgan fingerprint density at radius 3 is 2.37 bits per heavy atom. The van der Waals surface area contributed by atoms with Crippen molar-refractivity contribution in [2.75, 3.05) is 25.5 Å². The molecule has 19 heavy (non-hydrogen) atoms. The van der Waals surface area contributed by atoms with Crippen LogP contribution in [0.5, 0.6) is 0 Å². The molecular formula is C14H21N3O2. The Hall–Kier alpha value is -1.88. The molecule has 3 N–H and O–H groups in total. The molecule has 0 unspecified atom stereocenters. The summed E-state index contributed by atoms with van der Waals surface area (Å²) in [6.45, 7) is 3.79. The number of hydrogen-bond donors (Lipinski definition) is 2. The number of amides is 2. The molecule has 0 saturated carbocycles. The molecule has 0 aliphatic carbocycles. The Bertz CT molecular complexity index is 443. The lowest BCUT2D eigenvalue weighted by molar-refractivity contribution is -0.140. The largest absolute Gasteiger partial charge is 0.336 e.